The molecule has 1 saturated heterocycles. The Morgan fingerprint density at radius 1 is 1.22 bits per heavy atom. The molecule has 2 heterocycles. The van der Waals surface area contributed by atoms with Crippen LogP contribution in [0.2, 0.25) is 0 Å². The summed E-state index contributed by atoms with van der Waals surface area (Å²) in [7, 11) is 0. The lowest BCUT2D eigenvalue weighted by Crippen LogP contribution is -2.18. The second kappa shape index (κ2) is 7.05. The Morgan fingerprint density at radius 2 is 1.96 bits per heavy atom. The molecular weight excluding hydrogens is 288 g/mol. The third-order valence-corrected chi connectivity index (χ3v) is 4.04. The van der Waals surface area contributed by atoms with E-state index >= 15 is 0 Å². The minimum atomic E-state index is -0.241. The van der Waals surface area contributed by atoms with Gasteiger partial charge in [0.1, 0.15) is 0 Å². The molecule has 1 fully saturated rings. The lowest BCUT2D eigenvalue weighted by atomic mass is 10.1. The van der Waals surface area contributed by atoms with Crippen LogP contribution in [0.5, 0.6) is 0 Å². The van der Waals surface area contributed by atoms with E-state index in [-0.39, 0.29) is 5.91 Å². The largest absolute Gasteiger partial charge is 0.372 e. The summed E-state index contributed by atoms with van der Waals surface area (Å²) < 4.78 is 0. The molecule has 0 unspecified atom stereocenters. The van der Waals surface area contributed by atoms with Crippen LogP contribution in [-0.2, 0) is 0 Å². The maximum absolute atomic E-state index is 11.9. The topological polar surface area (TPSA) is 57.6 Å². The standard InChI is InChI=1S/C18H20N4O/c1-14-12-17(22-10-2-3-11-22)5-4-16(14)13-20-21-18(23)15-6-8-19-9-7-15/h4-9,12-13H,2-3,10-11H2,1H3,(H,21,23)/b20-13-. The fraction of sp³-hybridized carbons (Fsp3) is 0.278. The minimum Gasteiger partial charge on any atom is -0.372 e. The number of amides is 1. The normalized spacial score (nSPS) is 14.4. The highest BCUT2D eigenvalue weighted by molar-refractivity contribution is 5.94. The Kier molecular flexibility index (Phi) is 4.66. The number of carbonyl (C=O) groups is 1. The quantitative estimate of drug-likeness (QED) is 0.698. The molecule has 0 bridgehead atoms. The highest BCUT2D eigenvalue weighted by Gasteiger charge is 2.12. The molecule has 1 aliphatic heterocycles. The second-order valence-electron chi connectivity index (χ2n) is 5.67. The number of rotatable bonds is 4. The number of aromatic nitrogens is 1. The number of carbonyl (C=O) groups excluding carboxylic acids is 1. The van der Waals surface area contributed by atoms with E-state index in [1.165, 1.54) is 18.5 Å². The number of aryl methyl sites for hydroxylation is 1. The molecule has 5 heteroatoms. The van der Waals surface area contributed by atoms with Gasteiger partial charge in [0, 0.05) is 36.7 Å². The molecule has 0 atom stereocenters. The van der Waals surface area contributed by atoms with Gasteiger partial charge in [0.15, 0.2) is 0 Å². The number of nitrogens with zero attached hydrogens (tertiary/aromatic N) is 3. The zero-order valence-corrected chi connectivity index (χ0v) is 13.2. The van der Waals surface area contributed by atoms with E-state index in [0.29, 0.717) is 5.56 Å². The van der Waals surface area contributed by atoms with Crippen molar-refractivity contribution < 1.29 is 4.79 Å². The Morgan fingerprint density at radius 3 is 2.65 bits per heavy atom. The van der Waals surface area contributed by atoms with E-state index in [9.17, 15) is 4.79 Å². The van der Waals surface area contributed by atoms with Crippen molar-refractivity contribution in [1.29, 1.82) is 0 Å². The van der Waals surface area contributed by atoms with Gasteiger partial charge >= 0.3 is 0 Å². The molecule has 0 aliphatic carbocycles. The molecular formula is C18H20N4O. The number of hydrazone groups is 1. The first-order chi connectivity index (χ1) is 11.2. The molecule has 1 N–H and O–H groups in total. The molecule has 118 valence electrons. The molecule has 1 aliphatic rings. The Balaban J connectivity index is 1.64. The third-order valence-electron chi connectivity index (χ3n) is 4.04. The molecule has 23 heavy (non-hydrogen) atoms. The van der Waals surface area contributed by atoms with Gasteiger partial charge in [-0.1, -0.05) is 6.07 Å². The van der Waals surface area contributed by atoms with Gasteiger partial charge in [0.2, 0.25) is 0 Å². The number of nitrogens with one attached hydrogen (secondary N) is 1. The van der Waals surface area contributed by atoms with Gasteiger partial charge in [-0.2, -0.15) is 5.10 Å². The first-order valence-corrected chi connectivity index (χ1v) is 7.83. The highest BCUT2D eigenvalue weighted by Crippen LogP contribution is 2.22. The highest BCUT2D eigenvalue weighted by atomic mass is 16.2. The van der Waals surface area contributed by atoms with Crippen LogP contribution in [0.3, 0.4) is 0 Å². The maximum atomic E-state index is 11.9. The van der Waals surface area contributed by atoms with Crippen LogP contribution in [0.25, 0.3) is 0 Å². The molecule has 0 spiro atoms. The van der Waals surface area contributed by atoms with E-state index in [2.05, 4.69) is 39.5 Å². The predicted octanol–water partition coefficient (Wildman–Crippen LogP) is 2.75. The third kappa shape index (κ3) is 3.74. The van der Waals surface area contributed by atoms with E-state index < -0.39 is 0 Å². The summed E-state index contributed by atoms with van der Waals surface area (Å²) in [6.07, 6.45) is 7.38. The van der Waals surface area contributed by atoms with E-state index in [1.807, 2.05) is 6.07 Å². The van der Waals surface area contributed by atoms with Gasteiger partial charge in [-0.3, -0.25) is 9.78 Å². The van der Waals surface area contributed by atoms with E-state index in [1.54, 1.807) is 30.7 Å². The lowest BCUT2D eigenvalue weighted by molar-refractivity contribution is 0.0955. The van der Waals surface area contributed by atoms with E-state index in [4.69, 9.17) is 0 Å². The van der Waals surface area contributed by atoms with Crippen molar-refractivity contribution >= 4 is 17.8 Å². The molecule has 1 aromatic heterocycles. The number of anilines is 1. The van der Waals surface area contributed by atoms with Crippen molar-refractivity contribution in [3.63, 3.8) is 0 Å². The molecule has 1 amide bonds. The van der Waals surface area contributed by atoms with Crippen molar-refractivity contribution in [2.24, 2.45) is 5.10 Å². The first kappa shape index (κ1) is 15.2. The van der Waals surface area contributed by atoms with Crippen LogP contribution in [0.1, 0.15) is 34.3 Å². The van der Waals surface area contributed by atoms with Crippen molar-refractivity contribution in [2.45, 2.75) is 19.8 Å². The van der Waals surface area contributed by atoms with Gasteiger partial charge in [0.05, 0.1) is 6.21 Å². The maximum Gasteiger partial charge on any atom is 0.271 e. The number of benzene rings is 1. The van der Waals surface area contributed by atoms with Gasteiger partial charge < -0.3 is 4.90 Å². The summed E-state index contributed by atoms with van der Waals surface area (Å²) in [5.74, 6) is -0.241. The zero-order chi connectivity index (χ0) is 16.1. The van der Waals surface area contributed by atoms with Gasteiger partial charge in [-0.05, 0) is 55.2 Å². The average molecular weight is 308 g/mol. The fourth-order valence-electron chi connectivity index (χ4n) is 2.71. The lowest BCUT2D eigenvalue weighted by Gasteiger charge is -2.18. The summed E-state index contributed by atoms with van der Waals surface area (Å²) in [6, 6.07) is 9.65. The zero-order valence-electron chi connectivity index (χ0n) is 13.2. The fourth-order valence-corrected chi connectivity index (χ4v) is 2.71. The van der Waals surface area contributed by atoms with Gasteiger partial charge in [-0.25, -0.2) is 5.43 Å². The smallest absolute Gasteiger partial charge is 0.271 e. The van der Waals surface area contributed by atoms with E-state index in [0.717, 1.165) is 24.2 Å². The summed E-state index contributed by atoms with van der Waals surface area (Å²) in [4.78, 5) is 18.2. The summed E-state index contributed by atoms with van der Waals surface area (Å²) in [6.45, 7) is 4.33. The molecule has 1 aromatic carbocycles. The van der Waals surface area contributed by atoms with Gasteiger partial charge in [0.25, 0.3) is 5.91 Å². The molecule has 0 saturated carbocycles. The van der Waals surface area contributed by atoms with Crippen LogP contribution < -0.4 is 10.3 Å². The molecule has 3 rings (SSSR count). The van der Waals surface area contributed by atoms with Crippen LogP contribution in [-0.4, -0.2) is 30.2 Å². The summed E-state index contributed by atoms with van der Waals surface area (Å²) in [5, 5.41) is 4.05. The summed E-state index contributed by atoms with van der Waals surface area (Å²) >= 11 is 0. The number of hydrogen-bond donors (Lipinski definition) is 1. The summed E-state index contributed by atoms with van der Waals surface area (Å²) in [5.41, 5.74) is 6.49. The van der Waals surface area contributed by atoms with Crippen molar-refractivity contribution in [2.75, 3.05) is 18.0 Å². The second-order valence-corrected chi connectivity index (χ2v) is 5.67. The molecule has 5 nitrogen and oxygen atoms in total. The first-order valence-electron chi connectivity index (χ1n) is 7.83. The van der Waals surface area contributed by atoms with Crippen molar-refractivity contribution in [3.8, 4) is 0 Å². The van der Waals surface area contributed by atoms with Crippen LogP contribution in [0, 0.1) is 6.92 Å². The Labute approximate surface area is 136 Å². The van der Waals surface area contributed by atoms with Crippen molar-refractivity contribution in [1.82, 2.24) is 10.4 Å². The average Bonchev–Trinajstić information content (AvgIpc) is 3.11. The molecule has 0 radical (unpaired) electrons. The minimum absolute atomic E-state index is 0.241. The monoisotopic (exact) mass is 308 g/mol. The molecule has 2 aromatic rings. The Hall–Kier alpha value is -2.69. The number of pyridine rings is 1. The van der Waals surface area contributed by atoms with Crippen LogP contribution >= 0.6 is 0 Å². The van der Waals surface area contributed by atoms with Crippen molar-refractivity contribution in [3.05, 3.63) is 59.4 Å². The van der Waals surface area contributed by atoms with Crippen LogP contribution in [0.15, 0.2) is 47.8 Å². The number of hydrogen-bond acceptors (Lipinski definition) is 4. The van der Waals surface area contributed by atoms with Gasteiger partial charge in [-0.15, -0.1) is 0 Å². The SMILES string of the molecule is Cc1cc(N2CCCC2)ccc1/C=N\NC(=O)c1ccncc1. The van der Waals surface area contributed by atoms with Crippen LogP contribution in [0.4, 0.5) is 5.69 Å². The predicted molar refractivity (Wildman–Crippen MR) is 91.9 cm³/mol. The Bertz CT molecular complexity index is 706.